The van der Waals surface area contributed by atoms with Gasteiger partial charge in [-0.3, -0.25) is 0 Å². The Morgan fingerprint density at radius 3 is 2.60 bits per heavy atom. The Hall–Kier alpha value is -0.860. The molecule has 1 saturated heterocycles. The molecule has 2 heteroatoms. The van der Waals surface area contributed by atoms with Crippen molar-refractivity contribution < 1.29 is 9.84 Å². The van der Waals surface area contributed by atoms with Crippen molar-refractivity contribution in [3.05, 3.63) is 35.4 Å². The summed E-state index contributed by atoms with van der Waals surface area (Å²) in [6.07, 6.45) is 4.66. The van der Waals surface area contributed by atoms with Crippen molar-refractivity contribution in [2.75, 3.05) is 6.61 Å². The quantitative estimate of drug-likeness (QED) is 0.878. The largest absolute Gasteiger partial charge is 0.389 e. The number of ether oxygens (including phenoxy) is 1. The molecule has 0 saturated carbocycles. The first-order valence-corrected chi connectivity index (χ1v) is 7.95. The van der Waals surface area contributed by atoms with Gasteiger partial charge in [0.05, 0.1) is 11.7 Å². The third-order valence-corrected chi connectivity index (χ3v) is 4.32. The number of rotatable bonds is 5. The van der Waals surface area contributed by atoms with Gasteiger partial charge in [0.25, 0.3) is 0 Å². The highest BCUT2D eigenvalue weighted by molar-refractivity contribution is 5.26. The van der Waals surface area contributed by atoms with Gasteiger partial charge in [-0.05, 0) is 29.9 Å². The zero-order chi connectivity index (χ0) is 14.6. The summed E-state index contributed by atoms with van der Waals surface area (Å²) in [6.45, 7) is 7.26. The van der Waals surface area contributed by atoms with E-state index >= 15 is 0 Å². The fraction of sp³-hybridized carbons (Fsp3) is 0.667. The van der Waals surface area contributed by atoms with Gasteiger partial charge in [0.15, 0.2) is 0 Å². The molecule has 1 aliphatic rings. The lowest BCUT2D eigenvalue weighted by molar-refractivity contribution is -0.104. The lowest BCUT2D eigenvalue weighted by Crippen LogP contribution is -2.42. The fourth-order valence-corrected chi connectivity index (χ4v) is 3.07. The lowest BCUT2D eigenvalue weighted by Gasteiger charge is -2.37. The van der Waals surface area contributed by atoms with E-state index in [1.54, 1.807) is 0 Å². The Morgan fingerprint density at radius 1 is 1.30 bits per heavy atom. The monoisotopic (exact) mass is 276 g/mol. The Labute approximate surface area is 123 Å². The zero-order valence-corrected chi connectivity index (χ0v) is 13.1. The van der Waals surface area contributed by atoms with Crippen LogP contribution >= 0.6 is 0 Å². The molecule has 1 aromatic carbocycles. The Kier molecular flexibility index (Phi) is 5.22. The molecular weight excluding hydrogens is 248 g/mol. The highest BCUT2D eigenvalue weighted by atomic mass is 16.5. The summed E-state index contributed by atoms with van der Waals surface area (Å²) in [5, 5.41) is 10.8. The van der Waals surface area contributed by atoms with Crippen molar-refractivity contribution >= 4 is 0 Å². The van der Waals surface area contributed by atoms with Gasteiger partial charge in [-0.2, -0.15) is 0 Å². The van der Waals surface area contributed by atoms with E-state index in [-0.39, 0.29) is 6.10 Å². The van der Waals surface area contributed by atoms with E-state index in [0.717, 1.165) is 32.1 Å². The molecule has 2 unspecified atom stereocenters. The van der Waals surface area contributed by atoms with Gasteiger partial charge in [0.2, 0.25) is 0 Å². The van der Waals surface area contributed by atoms with Crippen LogP contribution in [0.15, 0.2) is 24.3 Å². The summed E-state index contributed by atoms with van der Waals surface area (Å²) >= 11 is 0. The molecule has 0 spiro atoms. The van der Waals surface area contributed by atoms with Crippen LogP contribution in [0.1, 0.15) is 63.5 Å². The van der Waals surface area contributed by atoms with Crippen molar-refractivity contribution in [2.24, 2.45) is 0 Å². The van der Waals surface area contributed by atoms with Crippen molar-refractivity contribution in [1.82, 2.24) is 0 Å². The molecule has 20 heavy (non-hydrogen) atoms. The van der Waals surface area contributed by atoms with Crippen molar-refractivity contribution in [2.45, 2.75) is 70.5 Å². The molecule has 1 aromatic rings. The SMILES string of the molecule is CCCC1CC(O)(Cc2ccc(C(C)C)cc2)CCO1. The van der Waals surface area contributed by atoms with E-state index in [1.807, 2.05) is 0 Å². The van der Waals surface area contributed by atoms with Gasteiger partial charge in [-0.15, -0.1) is 0 Å². The average Bonchev–Trinajstić information content (AvgIpc) is 2.39. The molecule has 1 aliphatic heterocycles. The van der Waals surface area contributed by atoms with Crippen molar-refractivity contribution in [3.63, 3.8) is 0 Å². The second kappa shape index (κ2) is 6.73. The molecule has 112 valence electrons. The molecule has 2 atom stereocenters. The Bertz CT molecular complexity index is 408. The van der Waals surface area contributed by atoms with E-state index in [9.17, 15) is 5.11 Å². The maximum atomic E-state index is 10.8. The van der Waals surface area contributed by atoms with Crippen LogP contribution in [-0.4, -0.2) is 23.4 Å². The molecule has 1 fully saturated rings. The third kappa shape index (κ3) is 4.07. The van der Waals surface area contributed by atoms with Crippen LogP contribution in [0, 0.1) is 0 Å². The van der Waals surface area contributed by atoms with E-state index in [4.69, 9.17) is 4.74 Å². The van der Waals surface area contributed by atoms with Crippen LogP contribution in [0.25, 0.3) is 0 Å². The minimum absolute atomic E-state index is 0.230. The first-order chi connectivity index (χ1) is 9.52. The number of hydrogen-bond donors (Lipinski definition) is 1. The van der Waals surface area contributed by atoms with E-state index in [1.165, 1.54) is 11.1 Å². The molecule has 0 bridgehead atoms. The zero-order valence-electron chi connectivity index (χ0n) is 13.1. The highest BCUT2D eigenvalue weighted by Crippen LogP contribution is 2.30. The van der Waals surface area contributed by atoms with Crippen molar-refractivity contribution in [1.29, 1.82) is 0 Å². The van der Waals surface area contributed by atoms with Crippen LogP contribution in [0.2, 0.25) is 0 Å². The number of aliphatic hydroxyl groups is 1. The average molecular weight is 276 g/mol. The predicted molar refractivity (Wildman–Crippen MR) is 83.1 cm³/mol. The van der Waals surface area contributed by atoms with E-state index in [0.29, 0.717) is 12.5 Å². The molecule has 2 nitrogen and oxygen atoms in total. The summed E-state index contributed by atoms with van der Waals surface area (Å²) in [7, 11) is 0. The lowest BCUT2D eigenvalue weighted by atomic mass is 9.83. The first kappa shape index (κ1) is 15.5. The predicted octanol–water partition coefficient (Wildman–Crippen LogP) is 4.06. The summed E-state index contributed by atoms with van der Waals surface area (Å²) in [4.78, 5) is 0. The third-order valence-electron chi connectivity index (χ3n) is 4.32. The normalized spacial score (nSPS) is 26.9. The molecule has 0 aromatic heterocycles. The molecular formula is C18H28O2. The first-order valence-electron chi connectivity index (χ1n) is 7.95. The molecule has 0 amide bonds. The second-order valence-electron chi connectivity index (χ2n) is 6.53. The van der Waals surface area contributed by atoms with Gasteiger partial charge in [-0.1, -0.05) is 51.5 Å². The molecule has 1 heterocycles. The van der Waals surface area contributed by atoms with Crippen LogP contribution in [0.4, 0.5) is 0 Å². The minimum Gasteiger partial charge on any atom is -0.389 e. The number of hydrogen-bond acceptors (Lipinski definition) is 2. The summed E-state index contributed by atoms with van der Waals surface area (Å²) in [5.41, 5.74) is 2.00. The summed E-state index contributed by atoms with van der Waals surface area (Å²) in [5.74, 6) is 0.559. The van der Waals surface area contributed by atoms with Crippen LogP contribution in [0.3, 0.4) is 0 Å². The maximum Gasteiger partial charge on any atom is 0.0734 e. The highest BCUT2D eigenvalue weighted by Gasteiger charge is 2.34. The number of benzene rings is 1. The van der Waals surface area contributed by atoms with Gasteiger partial charge in [-0.25, -0.2) is 0 Å². The second-order valence-corrected chi connectivity index (χ2v) is 6.53. The van der Waals surface area contributed by atoms with Gasteiger partial charge < -0.3 is 9.84 Å². The van der Waals surface area contributed by atoms with Crippen LogP contribution < -0.4 is 0 Å². The molecule has 0 aliphatic carbocycles. The summed E-state index contributed by atoms with van der Waals surface area (Å²) < 4.78 is 5.74. The smallest absolute Gasteiger partial charge is 0.0734 e. The molecule has 0 radical (unpaired) electrons. The minimum atomic E-state index is -0.586. The van der Waals surface area contributed by atoms with E-state index in [2.05, 4.69) is 45.0 Å². The van der Waals surface area contributed by atoms with Crippen molar-refractivity contribution in [3.8, 4) is 0 Å². The Balaban J connectivity index is 2.00. The topological polar surface area (TPSA) is 29.5 Å². The van der Waals surface area contributed by atoms with Crippen LogP contribution in [-0.2, 0) is 11.2 Å². The van der Waals surface area contributed by atoms with E-state index < -0.39 is 5.60 Å². The standard InChI is InChI=1S/C18H28O2/c1-4-5-17-13-18(19,10-11-20-17)12-15-6-8-16(9-7-15)14(2)3/h6-9,14,17,19H,4-5,10-13H2,1-3H3. The Morgan fingerprint density at radius 2 is 2.00 bits per heavy atom. The van der Waals surface area contributed by atoms with Crippen LogP contribution in [0.5, 0.6) is 0 Å². The fourth-order valence-electron chi connectivity index (χ4n) is 3.07. The van der Waals surface area contributed by atoms with Gasteiger partial charge in [0, 0.05) is 19.4 Å². The molecule has 1 N–H and O–H groups in total. The van der Waals surface area contributed by atoms with Gasteiger partial charge in [0.1, 0.15) is 0 Å². The maximum absolute atomic E-state index is 10.8. The van der Waals surface area contributed by atoms with Gasteiger partial charge >= 0.3 is 0 Å². The molecule has 2 rings (SSSR count). The summed E-state index contributed by atoms with van der Waals surface area (Å²) in [6, 6.07) is 8.70.